The largest absolute Gasteiger partial charge is 0.573 e. The van der Waals surface area contributed by atoms with Crippen molar-refractivity contribution in [2.45, 2.75) is 6.36 Å². The Hall–Kier alpha value is -3.40. The number of ether oxygens (including phenoxy) is 1. The third kappa shape index (κ3) is 4.86. The van der Waals surface area contributed by atoms with Crippen molar-refractivity contribution in [1.82, 2.24) is 20.1 Å². The van der Waals surface area contributed by atoms with Gasteiger partial charge in [-0.15, -0.1) is 18.3 Å². The maximum atomic E-state index is 12.3. The lowest BCUT2D eigenvalue weighted by Gasteiger charge is -2.10. The maximum absolute atomic E-state index is 12.3. The average Bonchev–Trinajstić information content (AvgIpc) is 3.16. The number of alkyl halides is 3. The van der Waals surface area contributed by atoms with Gasteiger partial charge in [-0.2, -0.15) is 0 Å². The molecule has 0 saturated heterocycles. The van der Waals surface area contributed by atoms with Crippen LogP contribution in [-0.4, -0.2) is 45.3 Å². The number of carbonyl (C=O) groups excluding carboxylic acids is 1. The molecule has 28 heavy (non-hydrogen) atoms. The monoisotopic (exact) mass is 392 g/mol. The van der Waals surface area contributed by atoms with E-state index in [2.05, 4.69) is 20.1 Å². The molecule has 3 rings (SSSR count). The van der Waals surface area contributed by atoms with Crippen molar-refractivity contribution in [2.24, 2.45) is 0 Å². The van der Waals surface area contributed by atoms with Gasteiger partial charge < -0.3 is 15.2 Å². The molecule has 2 N–H and O–H groups in total. The van der Waals surface area contributed by atoms with E-state index in [4.69, 9.17) is 5.11 Å². The lowest BCUT2D eigenvalue weighted by atomic mass is 10.1. The molecule has 3 aromatic rings. The number of hydrogen-bond acceptors (Lipinski definition) is 5. The normalized spacial score (nSPS) is 11.3. The lowest BCUT2D eigenvalue weighted by molar-refractivity contribution is -0.274. The van der Waals surface area contributed by atoms with Crippen LogP contribution in [0.4, 0.5) is 13.2 Å². The molecule has 2 aromatic carbocycles. The molecule has 1 aromatic heterocycles. The highest BCUT2D eigenvalue weighted by molar-refractivity contribution is 5.90. The Balaban J connectivity index is 1.79. The molecule has 0 unspecified atom stereocenters. The van der Waals surface area contributed by atoms with Crippen molar-refractivity contribution in [2.75, 3.05) is 13.2 Å². The SMILES string of the molecule is O=C(NCCO)c1ncn(-c2cccc(-c3ccc(OC(F)(F)F)cc3)c2)n1. The molecule has 1 amide bonds. The summed E-state index contributed by atoms with van der Waals surface area (Å²) in [6.45, 7) is -0.0990. The second-order valence-corrected chi connectivity index (χ2v) is 5.61. The van der Waals surface area contributed by atoms with E-state index in [-0.39, 0.29) is 24.7 Å². The summed E-state index contributed by atoms with van der Waals surface area (Å²) in [7, 11) is 0. The Morgan fingerprint density at radius 1 is 1.14 bits per heavy atom. The van der Waals surface area contributed by atoms with Crippen molar-refractivity contribution in [3.8, 4) is 22.6 Å². The van der Waals surface area contributed by atoms with Crippen LogP contribution in [-0.2, 0) is 0 Å². The number of amides is 1. The highest BCUT2D eigenvalue weighted by atomic mass is 19.4. The summed E-state index contributed by atoms with van der Waals surface area (Å²) in [5.41, 5.74) is 2.03. The Kier molecular flexibility index (Phi) is 5.59. The molecule has 0 aliphatic heterocycles. The molecule has 0 aliphatic carbocycles. The number of aliphatic hydroxyl groups is 1. The van der Waals surface area contributed by atoms with E-state index in [9.17, 15) is 18.0 Å². The molecule has 0 fully saturated rings. The molecule has 0 saturated carbocycles. The quantitative estimate of drug-likeness (QED) is 0.673. The molecular weight excluding hydrogens is 377 g/mol. The molecule has 0 radical (unpaired) electrons. The number of benzene rings is 2. The van der Waals surface area contributed by atoms with Gasteiger partial charge in [-0.3, -0.25) is 4.79 Å². The summed E-state index contributed by atoms with van der Waals surface area (Å²) in [6.07, 6.45) is -3.37. The van der Waals surface area contributed by atoms with Gasteiger partial charge in [0.05, 0.1) is 12.3 Å². The summed E-state index contributed by atoms with van der Waals surface area (Å²) in [6, 6.07) is 12.5. The highest BCUT2D eigenvalue weighted by Gasteiger charge is 2.30. The first-order valence-corrected chi connectivity index (χ1v) is 8.13. The van der Waals surface area contributed by atoms with Gasteiger partial charge in [0.1, 0.15) is 12.1 Å². The lowest BCUT2D eigenvalue weighted by Crippen LogP contribution is -2.27. The second kappa shape index (κ2) is 8.09. The number of nitrogens with one attached hydrogen (secondary N) is 1. The minimum atomic E-state index is -4.74. The third-order valence-electron chi connectivity index (χ3n) is 3.62. The molecule has 7 nitrogen and oxygen atoms in total. The van der Waals surface area contributed by atoms with Crippen LogP contribution in [0.25, 0.3) is 16.8 Å². The topological polar surface area (TPSA) is 89.3 Å². The summed E-state index contributed by atoms with van der Waals surface area (Å²) in [5.74, 6) is -0.862. The zero-order valence-electron chi connectivity index (χ0n) is 14.3. The van der Waals surface area contributed by atoms with Crippen LogP contribution >= 0.6 is 0 Å². The number of hydrogen-bond donors (Lipinski definition) is 2. The molecule has 0 bridgehead atoms. The Bertz CT molecular complexity index is 955. The fourth-order valence-electron chi connectivity index (χ4n) is 2.42. The van der Waals surface area contributed by atoms with E-state index in [1.165, 1.54) is 35.3 Å². The zero-order chi connectivity index (χ0) is 20.1. The van der Waals surface area contributed by atoms with Gasteiger partial charge in [0.2, 0.25) is 5.82 Å². The van der Waals surface area contributed by atoms with E-state index in [1.54, 1.807) is 24.3 Å². The van der Waals surface area contributed by atoms with Crippen LogP contribution in [0.15, 0.2) is 54.9 Å². The molecular formula is C18H15F3N4O3. The van der Waals surface area contributed by atoms with Gasteiger partial charge in [-0.25, -0.2) is 9.67 Å². The van der Waals surface area contributed by atoms with Gasteiger partial charge in [-0.05, 0) is 35.4 Å². The number of rotatable bonds is 6. The van der Waals surface area contributed by atoms with E-state index in [1.807, 2.05) is 0 Å². The first-order valence-electron chi connectivity index (χ1n) is 8.13. The standard InChI is InChI=1S/C18H15F3N4O3/c19-18(20,21)28-15-6-4-12(5-7-15)13-2-1-3-14(10-13)25-11-23-16(24-25)17(27)22-8-9-26/h1-7,10-11,26H,8-9H2,(H,22,27). The molecule has 0 spiro atoms. The molecule has 1 heterocycles. The first-order chi connectivity index (χ1) is 13.4. The predicted octanol–water partition coefficient (Wildman–Crippen LogP) is 2.55. The molecule has 0 aliphatic rings. The fraction of sp³-hybridized carbons (Fsp3) is 0.167. The van der Waals surface area contributed by atoms with Crippen molar-refractivity contribution in [3.05, 3.63) is 60.7 Å². The summed E-state index contributed by atoms with van der Waals surface area (Å²) in [5, 5.41) is 15.3. The summed E-state index contributed by atoms with van der Waals surface area (Å²) >= 11 is 0. The highest BCUT2D eigenvalue weighted by Crippen LogP contribution is 2.27. The van der Waals surface area contributed by atoms with Crippen LogP contribution < -0.4 is 10.1 Å². The number of aromatic nitrogens is 3. The minimum absolute atomic E-state index is 0.0486. The van der Waals surface area contributed by atoms with Gasteiger partial charge in [0.15, 0.2) is 0 Å². The summed E-state index contributed by atoms with van der Waals surface area (Å²) in [4.78, 5) is 15.7. The van der Waals surface area contributed by atoms with Crippen LogP contribution in [0.5, 0.6) is 5.75 Å². The van der Waals surface area contributed by atoms with Crippen molar-refractivity contribution in [3.63, 3.8) is 0 Å². The average molecular weight is 392 g/mol. The number of nitrogens with zero attached hydrogens (tertiary/aromatic N) is 3. The van der Waals surface area contributed by atoms with Gasteiger partial charge >= 0.3 is 6.36 Å². The smallest absolute Gasteiger partial charge is 0.406 e. The van der Waals surface area contributed by atoms with Crippen LogP contribution in [0.1, 0.15) is 10.6 Å². The van der Waals surface area contributed by atoms with Gasteiger partial charge in [0, 0.05) is 6.54 Å². The zero-order valence-corrected chi connectivity index (χ0v) is 14.3. The Morgan fingerprint density at radius 3 is 2.57 bits per heavy atom. The number of aliphatic hydroxyl groups excluding tert-OH is 1. The molecule has 0 atom stereocenters. The van der Waals surface area contributed by atoms with E-state index in [0.29, 0.717) is 11.3 Å². The van der Waals surface area contributed by atoms with Crippen LogP contribution in [0.3, 0.4) is 0 Å². The van der Waals surface area contributed by atoms with Crippen LogP contribution in [0, 0.1) is 0 Å². The Labute approximate surface area is 157 Å². The Morgan fingerprint density at radius 2 is 1.89 bits per heavy atom. The third-order valence-corrected chi connectivity index (χ3v) is 3.62. The first kappa shape index (κ1) is 19.4. The number of halogens is 3. The van der Waals surface area contributed by atoms with E-state index >= 15 is 0 Å². The second-order valence-electron chi connectivity index (χ2n) is 5.61. The van der Waals surface area contributed by atoms with E-state index in [0.717, 1.165) is 5.56 Å². The van der Waals surface area contributed by atoms with Crippen molar-refractivity contribution >= 4 is 5.91 Å². The van der Waals surface area contributed by atoms with Crippen molar-refractivity contribution in [1.29, 1.82) is 0 Å². The maximum Gasteiger partial charge on any atom is 0.573 e. The molecule has 146 valence electrons. The summed E-state index contributed by atoms with van der Waals surface area (Å²) < 4.78 is 42.0. The van der Waals surface area contributed by atoms with Gasteiger partial charge in [0.25, 0.3) is 5.91 Å². The van der Waals surface area contributed by atoms with Crippen molar-refractivity contribution < 1.29 is 27.8 Å². The fourth-order valence-corrected chi connectivity index (χ4v) is 2.42. The number of carbonyl (C=O) groups is 1. The predicted molar refractivity (Wildman–Crippen MR) is 92.9 cm³/mol. The minimum Gasteiger partial charge on any atom is -0.406 e. The van der Waals surface area contributed by atoms with Crippen LogP contribution in [0.2, 0.25) is 0 Å². The van der Waals surface area contributed by atoms with Gasteiger partial charge in [-0.1, -0.05) is 24.3 Å². The molecule has 10 heteroatoms. The van der Waals surface area contributed by atoms with E-state index < -0.39 is 12.3 Å².